The first kappa shape index (κ1) is 34.5. The first-order valence-corrected chi connectivity index (χ1v) is 15.6. The summed E-state index contributed by atoms with van der Waals surface area (Å²) in [5.74, 6) is 0.796. The molecule has 4 N–H and O–H groups in total. The summed E-state index contributed by atoms with van der Waals surface area (Å²) in [5.41, 5.74) is 8.89. The summed E-state index contributed by atoms with van der Waals surface area (Å²) in [4.78, 5) is 34.4. The third-order valence-electron chi connectivity index (χ3n) is 6.40. The van der Waals surface area contributed by atoms with Gasteiger partial charge in [-0.3, -0.25) is 4.79 Å². The van der Waals surface area contributed by atoms with E-state index in [1.54, 1.807) is 23.1 Å². The summed E-state index contributed by atoms with van der Waals surface area (Å²) in [6.45, 7) is 11.2. The first-order chi connectivity index (χ1) is 20.2. The largest absolute Gasteiger partial charge is 0.446 e. The zero-order valence-corrected chi connectivity index (χ0v) is 26.7. The van der Waals surface area contributed by atoms with Crippen LogP contribution in [-0.4, -0.2) is 88.1 Å². The molecule has 2 amide bonds. The lowest BCUT2D eigenvalue weighted by molar-refractivity contribution is -0.194. The van der Waals surface area contributed by atoms with Crippen molar-refractivity contribution in [2.45, 2.75) is 70.5 Å². The normalized spacial score (nSPS) is 18.7. The number of alkyl halides is 3. The van der Waals surface area contributed by atoms with E-state index in [0.29, 0.717) is 17.7 Å². The second-order valence-electron chi connectivity index (χ2n) is 11.3. The summed E-state index contributed by atoms with van der Waals surface area (Å²) in [6, 6.07) is 2.00. The highest BCUT2D eigenvalue weighted by Gasteiger charge is 2.47. The molecule has 0 aromatic carbocycles. The van der Waals surface area contributed by atoms with Crippen LogP contribution in [0, 0.1) is 6.92 Å². The van der Waals surface area contributed by atoms with E-state index in [1.165, 1.54) is 0 Å². The van der Waals surface area contributed by atoms with E-state index in [0.717, 1.165) is 50.8 Å². The third kappa shape index (κ3) is 10.9. The molecule has 1 unspecified atom stereocenters. The number of halogens is 3. The lowest BCUT2D eigenvalue weighted by Gasteiger charge is -2.40. The summed E-state index contributed by atoms with van der Waals surface area (Å²) in [7, 11) is 0. The number of nitrogens with zero attached hydrogens (tertiary/aromatic N) is 4. The number of piperidine rings is 1. The molecule has 0 saturated carbocycles. The van der Waals surface area contributed by atoms with Crippen LogP contribution >= 0.6 is 23.1 Å². The Morgan fingerprint density at radius 1 is 1.23 bits per heavy atom. The molecule has 2 aliphatic rings. The zero-order valence-electron chi connectivity index (χ0n) is 25.0. The monoisotopic (exact) mass is 643 g/mol. The predicted octanol–water partition coefficient (Wildman–Crippen LogP) is 5.35. The molecule has 2 saturated heterocycles. The van der Waals surface area contributed by atoms with Crippen molar-refractivity contribution < 1.29 is 27.5 Å². The molecule has 2 aromatic rings. The number of carbonyl (C=O) groups excluding carboxylic acids is 2. The Morgan fingerprint density at radius 3 is 2.49 bits per heavy atom. The second kappa shape index (κ2) is 15.1. The van der Waals surface area contributed by atoms with E-state index in [4.69, 9.17) is 10.5 Å². The van der Waals surface area contributed by atoms with E-state index in [2.05, 4.69) is 41.4 Å². The Bertz CT molecular complexity index is 1240. The summed E-state index contributed by atoms with van der Waals surface area (Å²) in [6.07, 6.45) is -2.23. The summed E-state index contributed by atoms with van der Waals surface area (Å²) >= 11 is 3.30. The van der Waals surface area contributed by atoms with Crippen LogP contribution in [0.1, 0.15) is 51.8 Å². The standard InChI is InChI=1S/C16H22N4S2.C12H18F3N3O3/c1-10-6-7-13(18-8-10)20-15-19-12(9-21-15)14(11(2)17)22-16(3,4)5;13-12(14,15)10-7-17(5-6-18(10)8-19)11(20)21-9-1-3-16-4-2-9/h6-9H,17H2,1-5H3,(H,18,19,20);8-10,16H,1-7H2/b14-11-;. The van der Waals surface area contributed by atoms with Gasteiger partial charge in [0.1, 0.15) is 18.0 Å². The number of nitrogens with two attached hydrogens (primary N) is 1. The Kier molecular flexibility index (Phi) is 12.1. The molecule has 2 fully saturated rings. The molecule has 4 heterocycles. The number of aryl methyl sites for hydroxylation is 1. The van der Waals surface area contributed by atoms with Gasteiger partial charge >= 0.3 is 12.3 Å². The smallest absolute Gasteiger partial charge is 0.410 e. The van der Waals surface area contributed by atoms with Gasteiger partial charge in [0.05, 0.1) is 17.1 Å². The predicted molar refractivity (Wildman–Crippen MR) is 165 cm³/mol. The minimum atomic E-state index is -4.56. The van der Waals surface area contributed by atoms with E-state index in [-0.39, 0.29) is 30.4 Å². The van der Waals surface area contributed by atoms with Crippen LogP contribution in [0.2, 0.25) is 0 Å². The number of pyridine rings is 1. The number of piperazine rings is 1. The molecule has 0 aliphatic carbocycles. The highest BCUT2D eigenvalue weighted by molar-refractivity contribution is 8.09. The van der Waals surface area contributed by atoms with E-state index < -0.39 is 24.9 Å². The average molecular weight is 644 g/mol. The van der Waals surface area contributed by atoms with Crippen LogP contribution in [-0.2, 0) is 9.53 Å². The third-order valence-corrected chi connectivity index (χ3v) is 8.50. The molecule has 0 bridgehead atoms. The van der Waals surface area contributed by atoms with Crippen molar-refractivity contribution in [2.75, 3.05) is 38.0 Å². The highest BCUT2D eigenvalue weighted by Crippen LogP contribution is 2.39. The molecule has 0 radical (unpaired) electrons. The van der Waals surface area contributed by atoms with Gasteiger partial charge in [-0.2, -0.15) is 13.2 Å². The number of nitrogens with one attached hydrogen (secondary N) is 2. The number of thioether (sulfide) groups is 1. The van der Waals surface area contributed by atoms with Crippen molar-refractivity contribution in [1.82, 2.24) is 25.1 Å². The second-order valence-corrected chi connectivity index (χ2v) is 14.0. The SMILES string of the molecule is C/C(N)=C(/SC(C)(C)C)c1csc(Nc2ccc(C)cn2)n1.O=CN1CCN(C(=O)OC2CCNCC2)CC1C(F)(F)F. The highest BCUT2D eigenvalue weighted by atomic mass is 32.2. The maximum absolute atomic E-state index is 12.9. The number of amides is 2. The number of hydrogen-bond donors (Lipinski definition) is 3. The Labute approximate surface area is 258 Å². The number of thiazole rings is 1. The Hall–Kier alpha value is -3.04. The number of aromatic nitrogens is 2. The van der Waals surface area contributed by atoms with Crippen LogP contribution in [0.5, 0.6) is 0 Å². The summed E-state index contributed by atoms with van der Waals surface area (Å²) in [5, 5.41) is 9.19. The number of anilines is 2. The fourth-order valence-corrected chi connectivity index (χ4v) is 6.00. The van der Waals surface area contributed by atoms with Gasteiger partial charge in [-0.05, 0) is 51.4 Å². The van der Waals surface area contributed by atoms with Crippen molar-refractivity contribution in [3.63, 3.8) is 0 Å². The van der Waals surface area contributed by atoms with Gasteiger partial charge in [0, 0.05) is 35.1 Å². The first-order valence-electron chi connectivity index (χ1n) is 13.9. The van der Waals surface area contributed by atoms with Crippen molar-refractivity contribution >= 4 is 51.5 Å². The number of hydrogen-bond acceptors (Lipinski definition) is 10. The van der Waals surface area contributed by atoms with Crippen LogP contribution in [0.4, 0.5) is 28.9 Å². The topological polar surface area (TPSA) is 126 Å². The Balaban J connectivity index is 0.000000236. The average Bonchev–Trinajstić information content (AvgIpc) is 3.40. The van der Waals surface area contributed by atoms with Crippen LogP contribution in [0.25, 0.3) is 4.91 Å². The minimum absolute atomic E-state index is 0.0507. The van der Waals surface area contributed by atoms with Crippen molar-refractivity contribution in [3.05, 3.63) is 40.7 Å². The van der Waals surface area contributed by atoms with Gasteiger partial charge in [0.2, 0.25) is 6.41 Å². The van der Waals surface area contributed by atoms with Gasteiger partial charge < -0.3 is 30.9 Å². The van der Waals surface area contributed by atoms with Crippen LogP contribution in [0.3, 0.4) is 0 Å². The maximum atomic E-state index is 12.9. The number of carbonyl (C=O) groups is 2. The molecule has 2 aliphatic heterocycles. The molecule has 0 spiro atoms. The molecule has 43 heavy (non-hydrogen) atoms. The van der Waals surface area contributed by atoms with Crippen molar-refractivity contribution in [1.29, 1.82) is 0 Å². The fraction of sp³-hybridized carbons (Fsp3) is 0.571. The molecule has 15 heteroatoms. The molecular formula is C28H40F3N7O3S2. The lowest BCUT2D eigenvalue weighted by atomic mass is 10.1. The Morgan fingerprint density at radius 2 is 1.93 bits per heavy atom. The summed E-state index contributed by atoms with van der Waals surface area (Å²) < 4.78 is 44.0. The van der Waals surface area contributed by atoms with E-state index >= 15 is 0 Å². The van der Waals surface area contributed by atoms with Gasteiger partial charge in [-0.25, -0.2) is 14.8 Å². The van der Waals surface area contributed by atoms with Gasteiger partial charge in [0.15, 0.2) is 5.13 Å². The van der Waals surface area contributed by atoms with E-state index in [1.807, 2.05) is 37.6 Å². The molecule has 10 nitrogen and oxygen atoms in total. The molecule has 238 valence electrons. The lowest BCUT2D eigenvalue weighted by Crippen LogP contribution is -2.59. The van der Waals surface area contributed by atoms with Gasteiger partial charge in [0.25, 0.3) is 0 Å². The maximum Gasteiger partial charge on any atom is 0.410 e. The molecule has 2 aromatic heterocycles. The number of ether oxygens (including phenoxy) is 1. The minimum Gasteiger partial charge on any atom is -0.446 e. The number of allylic oxidation sites excluding steroid dienone is 1. The zero-order chi connectivity index (χ0) is 31.8. The fourth-order valence-electron chi connectivity index (χ4n) is 4.24. The molecule has 1 atom stereocenters. The number of rotatable bonds is 6. The quantitative estimate of drug-likeness (QED) is 0.357. The van der Waals surface area contributed by atoms with Crippen molar-refractivity contribution in [2.24, 2.45) is 5.73 Å². The van der Waals surface area contributed by atoms with Crippen LogP contribution in [0.15, 0.2) is 29.4 Å². The van der Waals surface area contributed by atoms with Crippen LogP contribution < -0.4 is 16.4 Å². The molecular weight excluding hydrogens is 603 g/mol. The van der Waals surface area contributed by atoms with Crippen molar-refractivity contribution in [3.8, 4) is 0 Å². The van der Waals surface area contributed by atoms with E-state index in [9.17, 15) is 22.8 Å². The van der Waals surface area contributed by atoms with Gasteiger partial charge in [-0.1, -0.05) is 26.8 Å². The van der Waals surface area contributed by atoms with Gasteiger partial charge in [-0.15, -0.1) is 23.1 Å². The molecule has 4 rings (SSSR count).